The SMILES string of the molecule is Nc1cc2c(Nc3cnc(NCc4ccccn4)c(Cl)c3)ncnc2cc1OCCN1CCOCC1. The van der Waals surface area contributed by atoms with Gasteiger partial charge in [-0.1, -0.05) is 17.7 Å². The number of morpholine rings is 1. The summed E-state index contributed by atoms with van der Waals surface area (Å²) in [7, 11) is 0. The van der Waals surface area contributed by atoms with E-state index in [9.17, 15) is 0 Å². The molecule has 11 heteroatoms. The number of nitrogens with zero attached hydrogens (tertiary/aromatic N) is 5. The van der Waals surface area contributed by atoms with Gasteiger partial charge in [-0.3, -0.25) is 9.88 Å². The van der Waals surface area contributed by atoms with Crippen molar-refractivity contribution in [1.82, 2.24) is 24.8 Å². The van der Waals surface area contributed by atoms with Crippen LogP contribution < -0.4 is 21.1 Å². The van der Waals surface area contributed by atoms with Crippen molar-refractivity contribution in [1.29, 1.82) is 0 Å². The van der Waals surface area contributed by atoms with Crippen molar-refractivity contribution in [2.75, 3.05) is 55.8 Å². The molecule has 0 spiro atoms. The molecule has 0 saturated carbocycles. The number of fused-ring (bicyclic) bond motifs is 1. The summed E-state index contributed by atoms with van der Waals surface area (Å²) in [5, 5.41) is 7.72. The van der Waals surface area contributed by atoms with E-state index in [1.165, 1.54) is 6.33 Å². The second kappa shape index (κ2) is 11.3. The zero-order chi connectivity index (χ0) is 24.7. The number of nitrogen functional groups attached to an aromatic ring is 1. The number of hydrogen-bond donors (Lipinski definition) is 3. The minimum atomic E-state index is 0.477. The van der Waals surface area contributed by atoms with E-state index in [0.29, 0.717) is 46.9 Å². The molecule has 1 aliphatic heterocycles. The van der Waals surface area contributed by atoms with Crippen LogP contribution in [-0.2, 0) is 11.3 Å². The molecule has 36 heavy (non-hydrogen) atoms. The maximum Gasteiger partial charge on any atom is 0.145 e. The Morgan fingerprint density at radius 2 is 1.94 bits per heavy atom. The number of ether oxygens (including phenoxy) is 2. The normalized spacial score (nSPS) is 14.0. The zero-order valence-electron chi connectivity index (χ0n) is 19.7. The fourth-order valence-corrected chi connectivity index (χ4v) is 4.12. The average molecular weight is 507 g/mol. The third-order valence-electron chi connectivity index (χ3n) is 5.80. The summed E-state index contributed by atoms with van der Waals surface area (Å²) in [4.78, 5) is 19.8. The van der Waals surface area contributed by atoms with Crippen LogP contribution >= 0.6 is 11.6 Å². The number of aromatic nitrogens is 4. The number of benzene rings is 1. The van der Waals surface area contributed by atoms with Gasteiger partial charge in [-0.15, -0.1) is 0 Å². The number of rotatable bonds is 9. The van der Waals surface area contributed by atoms with Crippen LogP contribution in [0, 0.1) is 0 Å². The van der Waals surface area contributed by atoms with E-state index in [2.05, 4.69) is 35.5 Å². The van der Waals surface area contributed by atoms with Crippen LogP contribution in [0.1, 0.15) is 5.69 Å². The highest BCUT2D eigenvalue weighted by atomic mass is 35.5. The maximum absolute atomic E-state index is 6.47. The predicted molar refractivity (Wildman–Crippen MR) is 141 cm³/mol. The van der Waals surface area contributed by atoms with Crippen molar-refractivity contribution in [3.05, 3.63) is 65.8 Å². The molecule has 186 valence electrons. The third-order valence-corrected chi connectivity index (χ3v) is 6.09. The molecular weight excluding hydrogens is 480 g/mol. The highest BCUT2D eigenvalue weighted by molar-refractivity contribution is 6.33. The largest absolute Gasteiger partial charge is 0.490 e. The number of halogens is 1. The third kappa shape index (κ3) is 5.91. The zero-order valence-corrected chi connectivity index (χ0v) is 20.4. The minimum Gasteiger partial charge on any atom is -0.490 e. The monoisotopic (exact) mass is 506 g/mol. The van der Waals surface area contributed by atoms with Gasteiger partial charge in [0.1, 0.15) is 30.3 Å². The van der Waals surface area contributed by atoms with Crippen LogP contribution in [0.4, 0.5) is 23.0 Å². The van der Waals surface area contributed by atoms with Crippen LogP contribution in [0.25, 0.3) is 10.9 Å². The number of hydrogen-bond acceptors (Lipinski definition) is 10. The molecule has 4 aromatic rings. The summed E-state index contributed by atoms with van der Waals surface area (Å²) in [5.74, 6) is 1.77. The first-order valence-electron chi connectivity index (χ1n) is 11.7. The molecule has 10 nitrogen and oxygen atoms in total. The quantitative estimate of drug-likeness (QED) is 0.289. The summed E-state index contributed by atoms with van der Waals surface area (Å²) in [6.07, 6.45) is 4.93. The Morgan fingerprint density at radius 1 is 1.06 bits per heavy atom. The van der Waals surface area contributed by atoms with Gasteiger partial charge in [0.2, 0.25) is 0 Å². The lowest BCUT2D eigenvalue weighted by molar-refractivity contribution is 0.0323. The number of nitrogens with one attached hydrogen (secondary N) is 2. The molecule has 0 unspecified atom stereocenters. The van der Waals surface area contributed by atoms with Crippen molar-refractivity contribution >= 4 is 45.5 Å². The first-order chi connectivity index (χ1) is 17.7. The molecule has 1 aromatic carbocycles. The van der Waals surface area contributed by atoms with Crippen LogP contribution in [-0.4, -0.2) is 64.3 Å². The van der Waals surface area contributed by atoms with Gasteiger partial charge in [0.05, 0.1) is 53.6 Å². The van der Waals surface area contributed by atoms with Crippen molar-refractivity contribution in [2.24, 2.45) is 0 Å². The maximum atomic E-state index is 6.47. The molecule has 3 aromatic heterocycles. The fourth-order valence-electron chi connectivity index (χ4n) is 3.88. The average Bonchev–Trinajstić information content (AvgIpc) is 2.90. The Bertz CT molecular complexity index is 1320. The summed E-state index contributed by atoms with van der Waals surface area (Å²) in [6, 6.07) is 11.2. The Kier molecular flexibility index (Phi) is 7.55. The van der Waals surface area contributed by atoms with Gasteiger partial charge in [-0.25, -0.2) is 15.0 Å². The molecule has 4 N–H and O–H groups in total. The van der Waals surface area contributed by atoms with E-state index >= 15 is 0 Å². The van der Waals surface area contributed by atoms with Crippen LogP contribution in [0.15, 0.2) is 55.1 Å². The highest BCUT2D eigenvalue weighted by Crippen LogP contribution is 2.32. The van der Waals surface area contributed by atoms with E-state index in [4.69, 9.17) is 26.8 Å². The molecular formula is C25H27ClN8O2. The van der Waals surface area contributed by atoms with Crippen LogP contribution in [0.3, 0.4) is 0 Å². The number of anilines is 4. The Balaban J connectivity index is 1.26. The molecule has 0 aliphatic carbocycles. The van der Waals surface area contributed by atoms with Gasteiger partial charge in [-0.2, -0.15) is 0 Å². The predicted octanol–water partition coefficient (Wildman–Crippen LogP) is 3.72. The minimum absolute atomic E-state index is 0.477. The summed E-state index contributed by atoms with van der Waals surface area (Å²) < 4.78 is 11.3. The van der Waals surface area contributed by atoms with E-state index in [0.717, 1.165) is 49.4 Å². The molecule has 0 amide bonds. The van der Waals surface area contributed by atoms with Gasteiger partial charge in [0.15, 0.2) is 0 Å². The van der Waals surface area contributed by atoms with Crippen molar-refractivity contribution in [2.45, 2.75) is 6.54 Å². The molecule has 0 bridgehead atoms. The summed E-state index contributed by atoms with van der Waals surface area (Å²) >= 11 is 6.47. The lowest BCUT2D eigenvalue weighted by atomic mass is 10.2. The van der Waals surface area contributed by atoms with Crippen LogP contribution in [0.5, 0.6) is 5.75 Å². The van der Waals surface area contributed by atoms with Crippen molar-refractivity contribution < 1.29 is 9.47 Å². The second-order valence-electron chi connectivity index (χ2n) is 8.29. The lowest BCUT2D eigenvalue weighted by Gasteiger charge is -2.26. The fraction of sp³-hybridized carbons (Fsp3) is 0.280. The van der Waals surface area contributed by atoms with E-state index in [1.54, 1.807) is 18.5 Å². The first-order valence-corrected chi connectivity index (χ1v) is 12.1. The van der Waals surface area contributed by atoms with Gasteiger partial charge in [0.25, 0.3) is 0 Å². The summed E-state index contributed by atoms with van der Waals surface area (Å²) in [6.45, 7) is 5.23. The molecule has 1 fully saturated rings. The smallest absolute Gasteiger partial charge is 0.145 e. The lowest BCUT2D eigenvalue weighted by Crippen LogP contribution is -2.38. The second-order valence-corrected chi connectivity index (χ2v) is 8.69. The van der Waals surface area contributed by atoms with Crippen LogP contribution in [0.2, 0.25) is 5.02 Å². The first kappa shape index (κ1) is 24.0. The Hall–Kier alpha value is -3.73. The van der Waals surface area contributed by atoms with Gasteiger partial charge < -0.3 is 25.8 Å². The Labute approximate surface area is 213 Å². The summed E-state index contributed by atoms with van der Waals surface area (Å²) in [5.41, 5.74) is 9.13. The van der Waals surface area contributed by atoms with Crippen molar-refractivity contribution in [3.63, 3.8) is 0 Å². The van der Waals surface area contributed by atoms with Gasteiger partial charge in [0, 0.05) is 37.3 Å². The topological polar surface area (TPSA) is 123 Å². The van der Waals surface area contributed by atoms with E-state index in [-0.39, 0.29) is 0 Å². The highest BCUT2D eigenvalue weighted by Gasteiger charge is 2.13. The van der Waals surface area contributed by atoms with Crippen molar-refractivity contribution in [3.8, 4) is 5.75 Å². The van der Waals surface area contributed by atoms with E-state index < -0.39 is 0 Å². The standard InChI is InChI=1S/C25H27ClN8O2/c26-20-11-18(15-30-25(20)29-14-17-3-1-2-4-28-17)33-24-19-12-21(27)23(13-22(19)31-16-32-24)36-10-7-34-5-8-35-9-6-34/h1-4,11-13,15-16H,5-10,14,27H2,(H,29,30)(H,31,32,33). The van der Waals surface area contributed by atoms with Gasteiger partial charge in [-0.05, 0) is 24.3 Å². The molecule has 0 atom stereocenters. The molecule has 1 saturated heterocycles. The molecule has 4 heterocycles. The van der Waals surface area contributed by atoms with E-state index in [1.807, 2.05) is 30.3 Å². The molecule has 0 radical (unpaired) electrons. The molecule has 1 aliphatic rings. The number of nitrogens with two attached hydrogens (primary N) is 1. The number of pyridine rings is 2. The molecule has 5 rings (SSSR count). The van der Waals surface area contributed by atoms with Gasteiger partial charge >= 0.3 is 0 Å². The Morgan fingerprint density at radius 3 is 2.75 bits per heavy atom.